The Morgan fingerprint density at radius 3 is 2.81 bits per heavy atom. The van der Waals surface area contributed by atoms with Crippen LogP contribution in [-0.4, -0.2) is 55.9 Å². The number of ether oxygens (including phenoxy) is 5. The molecule has 142 valence electrons. The fraction of sp³-hybridized carbons (Fsp3) is 0.632. The first-order valence-corrected chi connectivity index (χ1v) is 9.07. The van der Waals surface area contributed by atoms with Crippen molar-refractivity contribution in [3.8, 4) is 11.5 Å². The van der Waals surface area contributed by atoms with Crippen LogP contribution in [0.3, 0.4) is 0 Å². The van der Waals surface area contributed by atoms with Crippen molar-refractivity contribution < 1.29 is 28.5 Å². The maximum atomic E-state index is 13.0. The molecule has 7 heteroatoms. The first-order valence-electron chi connectivity index (χ1n) is 9.07. The third-order valence-electron chi connectivity index (χ3n) is 4.89. The van der Waals surface area contributed by atoms with Crippen LogP contribution >= 0.6 is 0 Å². The van der Waals surface area contributed by atoms with Gasteiger partial charge in [-0.1, -0.05) is 6.07 Å². The normalized spacial score (nSPS) is 26.2. The number of hydrogen-bond acceptors (Lipinski definition) is 6. The van der Waals surface area contributed by atoms with E-state index in [-0.39, 0.29) is 24.7 Å². The third-order valence-corrected chi connectivity index (χ3v) is 4.89. The summed E-state index contributed by atoms with van der Waals surface area (Å²) in [5, 5.41) is 0. The summed E-state index contributed by atoms with van der Waals surface area (Å²) in [5.41, 5.74) is 1.000. The van der Waals surface area contributed by atoms with Crippen molar-refractivity contribution in [3.05, 3.63) is 23.8 Å². The third kappa shape index (κ3) is 3.79. The summed E-state index contributed by atoms with van der Waals surface area (Å²) < 4.78 is 27.8. The van der Waals surface area contributed by atoms with Gasteiger partial charge in [-0.25, -0.2) is 0 Å². The molecule has 7 nitrogen and oxygen atoms in total. The minimum absolute atomic E-state index is 0.0839. The summed E-state index contributed by atoms with van der Waals surface area (Å²) in [7, 11) is 0. The Morgan fingerprint density at radius 1 is 1.23 bits per heavy atom. The molecule has 26 heavy (non-hydrogen) atoms. The largest absolute Gasteiger partial charge is 0.454 e. The standard InChI is InChI=1S/C19H25NO6/c1-19(2)25-11-15(26-19)9-20(18(21)14-5-6-22-10-14)8-13-3-4-16-17(7-13)24-12-23-16/h3-4,7,14-15H,5-6,8-12H2,1-2H3/t14-,15-/m0/s1. The number of fused-ring (bicyclic) bond motifs is 1. The summed E-state index contributed by atoms with van der Waals surface area (Å²) in [6.07, 6.45) is 0.634. The average molecular weight is 363 g/mol. The van der Waals surface area contributed by atoms with E-state index in [1.165, 1.54) is 0 Å². The molecule has 0 bridgehead atoms. The monoisotopic (exact) mass is 363 g/mol. The van der Waals surface area contributed by atoms with Gasteiger partial charge in [0.1, 0.15) is 6.10 Å². The fourth-order valence-electron chi connectivity index (χ4n) is 3.58. The van der Waals surface area contributed by atoms with Gasteiger partial charge in [-0.3, -0.25) is 4.79 Å². The molecule has 0 aromatic heterocycles. The molecule has 0 radical (unpaired) electrons. The second-order valence-electron chi connectivity index (χ2n) is 7.42. The minimum Gasteiger partial charge on any atom is -0.454 e. The second-order valence-corrected chi connectivity index (χ2v) is 7.42. The van der Waals surface area contributed by atoms with E-state index >= 15 is 0 Å². The van der Waals surface area contributed by atoms with Crippen LogP contribution in [0.2, 0.25) is 0 Å². The summed E-state index contributed by atoms with van der Waals surface area (Å²) in [6.45, 7) is 6.62. The lowest BCUT2D eigenvalue weighted by Crippen LogP contribution is -2.42. The Morgan fingerprint density at radius 2 is 2.08 bits per heavy atom. The molecule has 0 spiro atoms. The molecule has 0 saturated carbocycles. The van der Waals surface area contributed by atoms with E-state index < -0.39 is 5.79 Å². The predicted molar refractivity (Wildman–Crippen MR) is 91.8 cm³/mol. The molecule has 0 aliphatic carbocycles. The molecule has 2 atom stereocenters. The van der Waals surface area contributed by atoms with Crippen LogP contribution in [0.4, 0.5) is 0 Å². The molecule has 1 amide bonds. The van der Waals surface area contributed by atoms with E-state index in [0.717, 1.165) is 23.5 Å². The van der Waals surface area contributed by atoms with Crippen molar-refractivity contribution in [1.29, 1.82) is 0 Å². The highest BCUT2D eigenvalue weighted by Crippen LogP contribution is 2.33. The van der Waals surface area contributed by atoms with E-state index in [4.69, 9.17) is 23.7 Å². The summed E-state index contributed by atoms with van der Waals surface area (Å²) >= 11 is 0. The van der Waals surface area contributed by atoms with Crippen LogP contribution < -0.4 is 9.47 Å². The fourth-order valence-corrected chi connectivity index (χ4v) is 3.58. The number of hydrogen-bond donors (Lipinski definition) is 0. The van der Waals surface area contributed by atoms with Crippen LogP contribution in [0.1, 0.15) is 25.8 Å². The van der Waals surface area contributed by atoms with Gasteiger partial charge in [-0.05, 0) is 38.0 Å². The number of nitrogens with zero attached hydrogens (tertiary/aromatic N) is 1. The molecular weight excluding hydrogens is 338 g/mol. The highest BCUT2D eigenvalue weighted by molar-refractivity contribution is 5.79. The van der Waals surface area contributed by atoms with Gasteiger partial charge in [-0.15, -0.1) is 0 Å². The Bertz CT molecular complexity index is 670. The van der Waals surface area contributed by atoms with Crippen molar-refractivity contribution in [1.82, 2.24) is 4.90 Å². The lowest BCUT2D eigenvalue weighted by Gasteiger charge is -2.28. The van der Waals surface area contributed by atoms with E-state index in [1.807, 2.05) is 36.9 Å². The number of carbonyl (C=O) groups is 1. The van der Waals surface area contributed by atoms with Gasteiger partial charge in [0.2, 0.25) is 12.7 Å². The number of carbonyl (C=O) groups excluding carboxylic acids is 1. The highest BCUT2D eigenvalue weighted by atomic mass is 16.7. The molecule has 2 fully saturated rings. The Hall–Kier alpha value is -1.83. The van der Waals surface area contributed by atoms with Crippen LogP contribution in [0, 0.1) is 5.92 Å². The van der Waals surface area contributed by atoms with E-state index in [2.05, 4.69) is 0 Å². The van der Waals surface area contributed by atoms with E-state index in [0.29, 0.717) is 32.9 Å². The van der Waals surface area contributed by atoms with Crippen LogP contribution in [0.25, 0.3) is 0 Å². The zero-order valence-corrected chi connectivity index (χ0v) is 15.2. The Labute approximate surface area is 153 Å². The molecule has 0 N–H and O–H groups in total. The van der Waals surface area contributed by atoms with Gasteiger partial charge < -0.3 is 28.6 Å². The van der Waals surface area contributed by atoms with Gasteiger partial charge in [0.05, 0.1) is 19.1 Å². The van der Waals surface area contributed by atoms with Crippen molar-refractivity contribution in [2.24, 2.45) is 5.92 Å². The van der Waals surface area contributed by atoms with Crippen molar-refractivity contribution >= 4 is 5.91 Å². The quantitative estimate of drug-likeness (QED) is 0.796. The van der Waals surface area contributed by atoms with Crippen LogP contribution in [0.5, 0.6) is 11.5 Å². The number of benzene rings is 1. The highest BCUT2D eigenvalue weighted by Gasteiger charge is 2.36. The SMILES string of the molecule is CC1(C)OC[C@H](CN(Cc2ccc3c(c2)OCO3)C(=O)[C@H]2CCOC2)O1. The molecule has 1 aromatic rings. The zero-order chi connectivity index (χ0) is 18.1. The Kier molecular flexibility index (Phi) is 4.77. The molecular formula is C19H25NO6. The van der Waals surface area contributed by atoms with Crippen molar-refractivity contribution in [2.75, 3.05) is 33.2 Å². The molecule has 3 aliphatic heterocycles. The topological polar surface area (TPSA) is 66.5 Å². The first kappa shape index (κ1) is 17.6. The summed E-state index contributed by atoms with van der Waals surface area (Å²) in [6, 6.07) is 5.79. The van der Waals surface area contributed by atoms with Crippen molar-refractivity contribution in [2.45, 2.75) is 38.7 Å². The molecule has 2 saturated heterocycles. The van der Waals surface area contributed by atoms with E-state index in [9.17, 15) is 4.79 Å². The van der Waals surface area contributed by atoms with Gasteiger partial charge in [-0.2, -0.15) is 0 Å². The van der Waals surface area contributed by atoms with Gasteiger partial charge in [0, 0.05) is 19.7 Å². The lowest BCUT2D eigenvalue weighted by molar-refractivity contribution is -0.148. The zero-order valence-electron chi connectivity index (χ0n) is 15.2. The first-order chi connectivity index (χ1) is 12.5. The molecule has 0 unspecified atom stereocenters. The maximum absolute atomic E-state index is 13.0. The number of amides is 1. The predicted octanol–water partition coefficient (Wildman–Crippen LogP) is 1.93. The Balaban J connectivity index is 1.49. The lowest BCUT2D eigenvalue weighted by atomic mass is 10.1. The van der Waals surface area contributed by atoms with Gasteiger partial charge in [0.25, 0.3) is 0 Å². The van der Waals surface area contributed by atoms with E-state index in [1.54, 1.807) is 0 Å². The number of rotatable bonds is 5. The maximum Gasteiger partial charge on any atom is 0.231 e. The van der Waals surface area contributed by atoms with Gasteiger partial charge >= 0.3 is 0 Å². The van der Waals surface area contributed by atoms with Crippen LogP contribution in [-0.2, 0) is 25.5 Å². The molecule has 4 rings (SSSR count). The van der Waals surface area contributed by atoms with Crippen LogP contribution in [0.15, 0.2) is 18.2 Å². The molecule has 3 aliphatic rings. The average Bonchev–Trinajstić information content (AvgIpc) is 3.34. The molecule has 1 aromatic carbocycles. The summed E-state index contributed by atoms with van der Waals surface area (Å²) in [4.78, 5) is 14.9. The second kappa shape index (κ2) is 7.06. The molecule has 3 heterocycles. The summed E-state index contributed by atoms with van der Waals surface area (Å²) in [5.74, 6) is 0.882. The van der Waals surface area contributed by atoms with Crippen molar-refractivity contribution in [3.63, 3.8) is 0 Å². The van der Waals surface area contributed by atoms with Gasteiger partial charge in [0.15, 0.2) is 17.3 Å². The minimum atomic E-state index is -0.603. The smallest absolute Gasteiger partial charge is 0.231 e.